The number of nitrogen functional groups attached to an aromatic ring is 1. The third kappa shape index (κ3) is 2.43. The first-order valence-electron chi connectivity index (χ1n) is 5.78. The largest absolute Gasteiger partial charge is 0.375 e. The van der Waals surface area contributed by atoms with E-state index in [0.29, 0.717) is 17.2 Å². The molecule has 0 aliphatic heterocycles. The third-order valence-electron chi connectivity index (χ3n) is 2.78. The summed E-state index contributed by atoms with van der Waals surface area (Å²) in [5, 5.41) is 3.38. The Hall–Kier alpha value is -2.34. The van der Waals surface area contributed by atoms with Gasteiger partial charge in [-0.25, -0.2) is 4.98 Å². The molecule has 3 rings (SSSR count). The molecule has 6 heteroatoms. The maximum absolute atomic E-state index is 12.0. The van der Waals surface area contributed by atoms with Crippen molar-refractivity contribution in [1.29, 1.82) is 0 Å². The molecule has 19 heavy (non-hydrogen) atoms. The van der Waals surface area contributed by atoms with E-state index in [9.17, 15) is 4.79 Å². The summed E-state index contributed by atoms with van der Waals surface area (Å²) in [5.74, 6) is -0.102. The van der Waals surface area contributed by atoms with Gasteiger partial charge in [0.25, 0.3) is 5.91 Å². The van der Waals surface area contributed by atoms with Crippen LogP contribution in [0.25, 0.3) is 10.2 Å². The number of nitrogens with zero attached hydrogens (tertiary/aromatic N) is 1. The third-order valence-corrected chi connectivity index (χ3v) is 3.63. The zero-order chi connectivity index (χ0) is 13.2. The van der Waals surface area contributed by atoms with Gasteiger partial charge in [0, 0.05) is 24.5 Å². The Morgan fingerprint density at radius 2 is 2.32 bits per heavy atom. The van der Waals surface area contributed by atoms with Gasteiger partial charge in [0.2, 0.25) is 0 Å². The number of nitrogens with two attached hydrogens (primary N) is 1. The molecule has 0 unspecified atom stereocenters. The van der Waals surface area contributed by atoms with Crippen LogP contribution >= 0.6 is 11.3 Å². The summed E-state index contributed by atoms with van der Waals surface area (Å²) in [4.78, 5) is 19.1. The molecule has 1 aromatic carbocycles. The number of hydrogen-bond acceptors (Lipinski definition) is 4. The predicted octanol–water partition coefficient (Wildman–Crippen LogP) is 2.14. The van der Waals surface area contributed by atoms with Crippen LogP contribution in [0.2, 0.25) is 0 Å². The first kappa shape index (κ1) is 11.7. The van der Waals surface area contributed by atoms with Crippen molar-refractivity contribution in [2.45, 2.75) is 6.54 Å². The molecule has 0 saturated carbocycles. The van der Waals surface area contributed by atoms with Gasteiger partial charge >= 0.3 is 0 Å². The van der Waals surface area contributed by atoms with Crippen molar-refractivity contribution in [3.63, 3.8) is 0 Å². The van der Waals surface area contributed by atoms with Gasteiger partial charge in [-0.1, -0.05) is 11.3 Å². The minimum absolute atomic E-state index is 0.102. The molecule has 0 bridgehead atoms. The first-order valence-corrected chi connectivity index (χ1v) is 6.60. The lowest BCUT2D eigenvalue weighted by atomic mass is 10.2. The lowest BCUT2D eigenvalue weighted by Crippen LogP contribution is -2.22. The van der Waals surface area contributed by atoms with E-state index in [1.54, 1.807) is 6.07 Å². The monoisotopic (exact) mass is 272 g/mol. The summed E-state index contributed by atoms with van der Waals surface area (Å²) >= 11 is 1.38. The molecule has 0 atom stereocenters. The predicted molar refractivity (Wildman–Crippen MR) is 76.0 cm³/mol. The summed E-state index contributed by atoms with van der Waals surface area (Å²) in [5.41, 5.74) is 8.12. The molecule has 1 amide bonds. The average Bonchev–Trinajstić information content (AvgIpc) is 3.02. The van der Waals surface area contributed by atoms with Crippen LogP contribution in [0.4, 0.5) is 5.13 Å². The van der Waals surface area contributed by atoms with E-state index in [0.717, 1.165) is 15.8 Å². The number of hydrogen-bond donors (Lipinski definition) is 3. The van der Waals surface area contributed by atoms with Crippen molar-refractivity contribution in [3.8, 4) is 0 Å². The SMILES string of the molecule is Nc1nc2ccc(C(=O)NCc3cc[nH]c3)cc2s1. The number of carbonyl (C=O) groups excluding carboxylic acids is 1. The Kier molecular flexibility index (Phi) is 2.92. The van der Waals surface area contributed by atoms with Gasteiger partial charge in [0.1, 0.15) is 0 Å². The Morgan fingerprint density at radius 1 is 1.42 bits per heavy atom. The van der Waals surface area contributed by atoms with Gasteiger partial charge in [0.15, 0.2) is 5.13 Å². The number of aromatic amines is 1. The van der Waals surface area contributed by atoms with Crippen LogP contribution < -0.4 is 11.1 Å². The van der Waals surface area contributed by atoms with Gasteiger partial charge < -0.3 is 16.0 Å². The number of amides is 1. The van der Waals surface area contributed by atoms with Crippen molar-refractivity contribution >= 4 is 32.6 Å². The van der Waals surface area contributed by atoms with Crippen molar-refractivity contribution in [1.82, 2.24) is 15.3 Å². The van der Waals surface area contributed by atoms with Crippen LogP contribution in [0.5, 0.6) is 0 Å². The van der Waals surface area contributed by atoms with E-state index in [2.05, 4.69) is 15.3 Å². The van der Waals surface area contributed by atoms with E-state index >= 15 is 0 Å². The highest BCUT2D eigenvalue weighted by Gasteiger charge is 2.08. The van der Waals surface area contributed by atoms with E-state index in [1.807, 2.05) is 30.6 Å². The number of fused-ring (bicyclic) bond motifs is 1. The fourth-order valence-electron chi connectivity index (χ4n) is 1.84. The number of nitrogens with one attached hydrogen (secondary N) is 2. The molecule has 96 valence electrons. The fraction of sp³-hybridized carbons (Fsp3) is 0.0769. The second-order valence-electron chi connectivity index (χ2n) is 4.14. The molecular formula is C13H12N4OS. The molecule has 2 heterocycles. The Morgan fingerprint density at radius 3 is 3.11 bits per heavy atom. The first-order chi connectivity index (χ1) is 9.22. The Labute approximate surface area is 113 Å². The Balaban J connectivity index is 1.77. The van der Waals surface area contributed by atoms with Crippen LogP contribution in [-0.4, -0.2) is 15.9 Å². The normalized spacial score (nSPS) is 10.7. The van der Waals surface area contributed by atoms with Crippen molar-refractivity contribution < 1.29 is 4.79 Å². The molecule has 4 N–H and O–H groups in total. The number of thiazole rings is 1. The van der Waals surface area contributed by atoms with Crippen LogP contribution in [0.15, 0.2) is 36.7 Å². The number of carbonyl (C=O) groups is 1. The number of rotatable bonds is 3. The Bertz CT molecular complexity index is 717. The average molecular weight is 272 g/mol. The smallest absolute Gasteiger partial charge is 0.251 e. The molecule has 0 radical (unpaired) electrons. The molecule has 0 aliphatic rings. The quantitative estimate of drug-likeness (QED) is 0.683. The standard InChI is InChI=1S/C13H12N4OS/c14-13-17-10-2-1-9(5-11(10)19-13)12(18)16-7-8-3-4-15-6-8/h1-6,15H,7H2,(H2,14,17)(H,16,18). The lowest BCUT2D eigenvalue weighted by molar-refractivity contribution is 0.0951. The minimum Gasteiger partial charge on any atom is -0.375 e. The van der Waals surface area contributed by atoms with Crippen LogP contribution in [0, 0.1) is 0 Å². The summed E-state index contributed by atoms with van der Waals surface area (Å²) < 4.78 is 0.923. The second-order valence-corrected chi connectivity index (χ2v) is 5.20. The van der Waals surface area contributed by atoms with E-state index < -0.39 is 0 Å². The number of benzene rings is 1. The van der Waals surface area contributed by atoms with Crippen molar-refractivity contribution in [2.75, 3.05) is 5.73 Å². The van der Waals surface area contributed by atoms with E-state index in [4.69, 9.17) is 5.73 Å². The van der Waals surface area contributed by atoms with E-state index in [1.165, 1.54) is 11.3 Å². The van der Waals surface area contributed by atoms with Gasteiger partial charge in [-0.2, -0.15) is 0 Å². The summed E-state index contributed by atoms with van der Waals surface area (Å²) in [7, 11) is 0. The van der Waals surface area contributed by atoms with Gasteiger partial charge in [0.05, 0.1) is 10.2 Å². The van der Waals surface area contributed by atoms with E-state index in [-0.39, 0.29) is 5.91 Å². The molecule has 3 aromatic rings. The second kappa shape index (κ2) is 4.74. The number of anilines is 1. The number of aromatic nitrogens is 2. The van der Waals surface area contributed by atoms with Crippen LogP contribution in [-0.2, 0) is 6.54 Å². The summed E-state index contributed by atoms with van der Waals surface area (Å²) in [6, 6.07) is 7.31. The molecule has 2 aromatic heterocycles. The lowest BCUT2D eigenvalue weighted by Gasteiger charge is -2.03. The number of H-pyrrole nitrogens is 1. The maximum atomic E-state index is 12.0. The zero-order valence-electron chi connectivity index (χ0n) is 10.0. The van der Waals surface area contributed by atoms with Crippen LogP contribution in [0.3, 0.4) is 0 Å². The molecule has 0 aliphatic carbocycles. The summed E-state index contributed by atoms with van der Waals surface area (Å²) in [6.45, 7) is 0.505. The molecule has 5 nitrogen and oxygen atoms in total. The van der Waals surface area contributed by atoms with Crippen LogP contribution in [0.1, 0.15) is 15.9 Å². The van der Waals surface area contributed by atoms with Gasteiger partial charge in [-0.15, -0.1) is 0 Å². The fourth-order valence-corrected chi connectivity index (χ4v) is 2.61. The van der Waals surface area contributed by atoms with Crippen molar-refractivity contribution in [2.24, 2.45) is 0 Å². The highest BCUT2D eigenvalue weighted by molar-refractivity contribution is 7.22. The zero-order valence-corrected chi connectivity index (χ0v) is 10.8. The van der Waals surface area contributed by atoms with Gasteiger partial charge in [-0.3, -0.25) is 4.79 Å². The summed E-state index contributed by atoms with van der Waals surface area (Å²) in [6.07, 6.45) is 3.68. The minimum atomic E-state index is -0.102. The molecule has 0 fully saturated rings. The van der Waals surface area contributed by atoms with Gasteiger partial charge in [-0.05, 0) is 29.8 Å². The molecule has 0 saturated heterocycles. The maximum Gasteiger partial charge on any atom is 0.251 e. The highest BCUT2D eigenvalue weighted by atomic mass is 32.1. The molecule has 0 spiro atoms. The highest BCUT2D eigenvalue weighted by Crippen LogP contribution is 2.24. The van der Waals surface area contributed by atoms with Crippen molar-refractivity contribution in [3.05, 3.63) is 47.8 Å². The molecular weight excluding hydrogens is 260 g/mol. The topological polar surface area (TPSA) is 83.8 Å².